The molecule has 0 aliphatic carbocycles. The molecule has 0 fully saturated rings. The standard InChI is InChI=1S/C4H6N2S.3ClH/c1-3-2-7-4(5)6-3;;;/h2H,1H3,(H2,5,6);3*1H. The first-order valence-electron chi connectivity index (χ1n) is 1.96. The Morgan fingerprint density at radius 2 is 1.90 bits per heavy atom. The summed E-state index contributed by atoms with van der Waals surface area (Å²) in [6.45, 7) is 1.92. The maximum absolute atomic E-state index is 5.29. The summed E-state index contributed by atoms with van der Waals surface area (Å²) in [4.78, 5) is 3.91. The predicted molar refractivity (Wildman–Crippen MR) is 53.0 cm³/mol. The van der Waals surface area contributed by atoms with Crippen molar-refractivity contribution in [3.05, 3.63) is 11.1 Å². The minimum atomic E-state index is 0. The number of aromatic nitrogens is 1. The normalized spacial score (nSPS) is 6.50. The van der Waals surface area contributed by atoms with Crippen LogP contribution in [-0.2, 0) is 0 Å². The van der Waals surface area contributed by atoms with Crippen LogP contribution in [0.25, 0.3) is 0 Å². The molecule has 10 heavy (non-hydrogen) atoms. The highest BCUT2D eigenvalue weighted by Crippen LogP contribution is 2.08. The molecule has 1 aromatic rings. The summed E-state index contributed by atoms with van der Waals surface area (Å²) in [7, 11) is 0. The molecule has 0 saturated heterocycles. The number of aryl methyl sites for hydroxylation is 1. The van der Waals surface area contributed by atoms with Crippen LogP contribution in [0, 0.1) is 6.92 Å². The Balaban J connectivity index is -0.000000163. The first kappa shape index (κ1) is 16.7. The molecule has 6 heteroatoms. The molecule has 2 nitrogen and oxygen atoms in total. The second kappa shape index (κ2) is 7.41. The van der Waals surface area contributed by atoms with Gasteiger partial charge in [-0.1, -0.05) is 0 Å². The van der Waals surface area contributed by atoms with E-state index in [9.17, 15) is 0 Å². The monoisotopic (exact) mass is 222 g/mol. The molecule has 1 aromatic heterocycles. The summed E-state index contributed by atoms with van der Waals surface area (Å²) in [5, 5.41) is 2.58. The Morgan fingerprint density at radius 3 is 2.00 bits per heavy atom. The van der Waals surface area contributed by atoms with Crippen LogP contribution in [0.2, 0.25) is 0 Å². The Labute approximate surface area is 82.5 Å². The van der Waals surface area contributed by atoms with E-state index in [0.29, 0.717) is 5.13 Å². The lowest BCUT2D eigenvalue weighted by molar-refractivity contribution is 1.27. The first-order chi connectivity index (χ1) is 3.29. The Morgan fingerprint density at radius 1 is 1.40 bits per heavy atom. The molecule has 2 N–H and O–H groups in total. The SMILES string of the molecule is Cc1csc(N)n1.Cl.Cl.Cl. The third-order valence-corrected chi connectivity index (χ3v) is 1.43. The van der Waals surface area contributed by atoms with Crippen LogP contribution in [0.1, 0.15) is 5.69 Å². The fourth-order valence-electron chi connectivity index (χ4n) is 0.372. The van der Waals surface area contributed by atoms with Gasteiger partial charge >= 0.3 is 0 Å². The zero-order valence-corrected chi connectivity index (χ0v) is 8.50. The van der Waals surface area contributed by atoms with Crippen LogP contribution in [-0.4, -0.2) is 4.98 Å². The molecule has 62 valence electrons. The molecule has 0 aliphatic rings. The number of rotatable bonds is 0. The van der Waals surface area contributed by atoms with Crippen molar-refractivity contribution >= 4 is 53.7 Å². The van der Waals surface area contributed by atoms with Gasteiger partial charge in [-0.15, -0.1) is 48.6 Å². The van der Waals surface area contributed by atoms with Gasteiger partial charge in [-0.2, -0.15) is 0 Å². The second-order valence-corrected chi connectivity index (χ2v) is 2.22. The maximum Gasteiger partial charge on any atom is 0.180 e. The molecule has 0 unspecified atom stereocenters. The van der Waals surface area contributed by atoms with E-state index < -0.39 is 0 Å². The number of hydrogen-bond donors (Lipinski definition) is 1. The summed E-state index contributed by atoms with van der Waals surface area (Å²) < 4.78 is 0. The molecule has 0 saturated carbocycles. The van der Waals surface area contributed by atoms with Crippen LogP contribution < -0.4 is 5.73 Å². The number of thiazole rings is 1. The van der Waals surface area contributed by atoms with E-state index >= 15 is 0 Å². The molecule has 1 heterocycles. The van der Waals surface area contributed by atoms with Gasteiger partial charge in [0.15, 0.2) is 5.13 Å². The quantitative estimate of drug-likeness (QED) is 0.733. The molecule has 0 atom stereocenters. The highest BCUT2D eigenvalue weighted by molar-refractivity contribution is 7.13. The van der Waals surface area contributed by atoms with Gasteiger partial charge in [0.2, 0.25) is 0 Å². The van der Waals surface area contributed by atoms with Gasteiger partial charge in [0.05, 0.1) is 5.69 Å². The molecule has 0 aromatic carbocycles. The predicted octanol–water partition coefficient (Wildman–Crippen LogP) is 2.30. The lowest BCUT2D eigenvalue weighted by atomic mass is 10.6. The summed E-state index contributed by atoms with van der Waals surface area (Å²) in [5.41, 5.74) is 6.29. The average molecular weight is 224 g/mol. The van der Waals surface area contributed by atoms with Crippen molar-refractivity contribution in [1.82, 2.24) is 4.98 Å². The number of nitrogens with zero attached hydrogens (tertiary/aromatic N) is 1. The second-order valence-electron chi connectivity index (χ2n) is 1.33. The summed E-state index contributed by atoms with van der Waals surface area (Å²) in [6.07, 6.45) is 0. The smallest absolute Gasteiger partial charge is 0.180 e. The van der Waals surface area contributed by atoms with E-state index in [1.807, 2.05) is 12.3 Å². The largest absolute Gasteiger partial charge is 0.375 e. The van der Waals surface area contributed by atoms with Gasteiger partial charge in [0, 0.05) is 5.38 Å². The van der Waals surface area contributed by atoms with E-state index in [4.69, 9.17) is 5.73 Å². The van der Waals surface area contributed by atoms with E-state index in [0.717, 1.165) is 5.69 Å². The summed E-state index contributed by atoms with van der Waals surface area (Å²) >= 11 is 1.47. The van der Waals surface area contributed by atoms with Crippen LogP contribution in [0.5, 0.6) is 0 Å². The molecular formula is C4H9Cl3N2S. The van der Waals surface area contributed by atoms with Crippen molar-refractivity contribution in [1.29, 1.82) is 0 Å². The lowest BCUT2D eigenvalue weighted by Crippen LogP contribution is -1.80. The zero-order valence-electron chi connectivity index (χ0n) is 5.23. The van der Waals surface area contributed by atoms with E-state index in [1.165, 1.54) is 11.3 Å². The van der Waals surface area contributed by atoms with Gasteiger partial charge in [-0.3, -0.25) is 0 Å². The maximum atomic E-state index is 5.29. The highest BCUT2D eigenvalue weighted by Gasteiger charge is 1.86. The van der Waals surface area contributed by atoms with Gasteiger partial charge in [0.1, 0.15) is 0 Å². The van der Waals surface area contributed by atoms with Gasteiger partial charge in [-0.05, 0) is 6.92 Å². The van der Waals surface area contributed by atoms with Gasteiger partial charge in [0.25, 0.3) is 0 Å². The minimum Gasteiger partial charge on any atom is -0.375 e. The topological polar surface area (TPSA) is 38.9 Å². The third kappa shape index (κ3) is 5.11. The first-order valence-corrected chi connectivity index (χ1v) is 2.84. The van der Waals surface area contributed by atoms with Crippen LogP contribution in [0.4, 0.5) is 5.13 Å². The molecular weight excluding hydrogens is 214 g/mol. The van der Waals surface area contributed by atoms with E-state index in [-0.39, 0.29) is 37.2 Å². The van der Waals surface area contributed by atoms with E-state index in [1.54, 1.807) is 0 Å². The summed E-state index contributed by atoms with van der Waals surface area (Å²) in [6, 6.07) is 0. The van der Waals surface area contributed by atoms with Crippen molar-refractivity contribution in [2.45, 2.75) is 6.92 Å². The molecule has 0 radical (unpaired) electrons. The van der Waals surface area contributed by atoms with Crippen molar-refractivity contribution in [3.8, 4) is 0 Å². The fraction of sp³-hybridized carbons (Fsp3) is 0.250. The number of anilines is 1. The highest BCUT2D eigenvalue weighted by atomic mass is 35.5. The fourth-order valence-corrected chi connectivity index (χ4v) is 0.913. The number of nitrogens with two attached hydrogens (primary N) is 1. The van der Waals surface area contributed by atoms with Crippen molar-refractivity contribution in [3.63, 3.8) is 0 Å². The summed E-state index contributed by atoms with van der Waals surface area (Å²) in [5.74, 6) is 0. The van der Waals surface area contributed by atoms with Crippen molar-refractivity contribution in [2.24, 2.45) is 0 Å². The number of hydrogen-bond acceptors (Lipinski definition) is 3. The number of halogens is 3. The van der Waals surface area contributed by atoms with Crippen LogP contribution in [0.15, 0.2) is 5.38 Å². The van der Waals surface area contributed by atoms with E-state index in [2.05, 4.69) is 4.98 Å². The van der Waals surface area contributed by atoms with Crippen molar-refractivity contribution < 1.29 is 0 Å². The molecule has 0 spiro atoms. The Kier molecular flexibility index (Phi) is 12.4. The zero-order chi connectivity index (χ0) is 5.28. The van der Waals surface area contributed by atoms with Crippen molar-refractivity contribution in [2.75, 3.05) is 5.73 Å². The minimum absolute atomic E-state index is 0. The van der Waals surface area contributed by atoms with Gasteiger partial charge < -0.3 is 5.73 Å². The third-order valence-electron chi connectivity index (χ3n) is 0.637. The number of nitrogen functional groups attached to an aromatic ring is 1. The average Bonchev–Trinajstić information content (AvgIpc) is 1.87. The molecule has 1 rings (SSSR count). The van der Waals surface area contributed by atoms with Crippen LogP contribution >= 0.6 is 48.6 Å². The lowest BCUT2D eigenvalue weighted by Gasteiger charge is -1.72. The molecule has 0 aliphatic heterocycles. The Hall–Kier alpha value is 0.300. The molecule has 0 amide bonds. The molecule has 0 bridgehead atoms. The van der Waals surface area contributed by atoms with Crippen LogP contribution in [0.3, 0.4) is 0 Å². The van der Waals surface area contributed by atoms with Gasteiger partial charge in [-0.25, -0.2) is 4.98 Å². The Bertz CT molecular complexity index is 151.